The fraction of sp³-hybridized carbons (Fsp3) is 0.444. The second-order valence-electron chi connectivity index (χ2n) is 6.07. The summed E-state index contributed by atoms with van der Waals surface area (Å²) in [6, 6.07) is 7.54. The van der Waals surface area contributed by atoms with Gasteiger partial charge in [0.05, 0.1) is 13.1 Å². The molecular weight excluding hydrogens is 322 g/mol. The van der Waals surface area contributed by atoms with E-state index >= 15 is 0 Å². The number of aromatic nitrogens is 2. The van der Waals surface area contributed by atoms with E-state index in [1.807, 2.05) is 26.0 Å². The summed E-state index contributed by atoms with van der Waals surface area (Å²) in [5, 5.41) is 3.07. The highest BCUT2D eigenvalue weighted by Gasteiger charge is 2.12. The quantitative estimate of drug-likeness (QED) is 0.763. The summed E-state index contributed by atoms with van der Waals surface area (Å²) >= 11 is 0. The van der Waals surface area contributed by atoms with Crippen LogP contribution < -0.4 is 16.6 Å². The number of nitrogens with zero attached hydrogens (tertiary/aromatic N) is 2. The second kappa shape index (κ2) is 8.13. The van der Waals surface area contributed by atoms with Gasteiger partial charge in [-0.2, -0.15) is 0 Å². The smallest absolute Gasteiger partial charge is 0.332 e. The third-order valence-electron chi connectivity index (χ3n) is 4.00. The van der Waals surface area contributed by atoms with E-state index in [1.54, 1.807) is 0 Å². The van der Waals surface area contributed by atoms with Crippen molar-refractivity contribution in [2.75, 3.05) is 26.1 Å². The Kier molecular flexibility index (Phi) is 6.17. The standard InChI is InChI=1S/C18H25N3O4/c1-12-6-13(2)8-14(7-12)11-21-15(19-10-17(24-4)25-5)9-16(22)20(3)18(21)23/h6-9,17,19H,10-11H2,1-5H3. The topological polar surface area (TPSA) is 74.5 Å². The monoisotopic (exact) mass is 347 g/mol. The van der Waals surface area contributed by atoms with Crippen molar-refractivity contribution in [3.63, 3.8) is 0 Å². The summed E-state index contributed by atoms with van der Waals surface area (Å²) in [7, 11) is 4.53. The molecule has 25 heavy (non-hydrogen) atoms. The Morgan fingerprint density at radius 3 is 2.20 bits per heavy atom. The van der Waals surface area contributed by atoms with Crippen molar-refractivity contribution >= 4 is 5.82 Å². The Morgan fingerprint density at radius 2 is 1.64 bits per heavy atom. The van der Waals surface area contributed by atoms with Crippen molar-refractivity contribution in [3.05, 3.63) is 61.8 Å². The predicted octanol–water partition coefficient (Wildman–Crippen LogP) is 1.24. The van der Waals surface area contributed by atoms with Gasteiger partial charge < -0.3 is 14.8 Å². The molecule has 0 saturated carbocycles. The molecule has 0 saturated heterocycles. The molecule has 0 atom stereocenters. The van der Waals surface area contributed by atoms with Gasteiger partial charge in [-0.05, 0) is 19.4 Å². The Morgan fingerprint density at radius 1 is 1.04 bits per heavy atom. The van der Waals surface area contributed by atoms with E-state index in [0.29, 0.717) is 18.9 Å². The zero-order valence-corrected chi connectivity index (χ0v) is 15.3. The lowest BCUT2D eigenvalue weighted by atomic mass is 10.1. The van der Waals surface area contributed by atoms with Crippen molar-refractivity contribution < 1.29 is 9.47 Å². The maximum absolute atomic E-state index is 12.6. The zero-order chi connectivity index (χ0) is 18.6. The second-order valence-corrected chi connectivity index (χ2v) is 6.07. The predicted molar refractivity (Wildman–Crippen MR) is 97.3 cm³/mol. The number of benzene rings is 1. The highest BCUT2D eigenvalue weighted by atomic mass is 16.7. The summed E-state index contributed by atoms with van der Waals surface area (Å²) in [4.78, 5) is 24.6. The Bertz CT molecular complexity index is 830. The zero-order valence-electron chi connectivity index (χ0n) is 15.3. The molecule has 0 radical (unpaired) electrons. The minimum Gasteiger partial charge on any atom is -0.366 e. The molecule has 0 fully saturated rings. The van der Waals surface area contributed by atoms with Crippen LogP contribution in [0, 0.1) is 13.8 Å². The van der Waals surface area contributed by atoms with Gasteiger partial charge in [0.15, 0.2) is 6.29 Å². The number of rotatable bonds is 7. The fourth-order valence-electron chi connectivity index (χ4n) is 2.76. The van der Waals surface area contributed by atoms with Crippen LogP contribution in [0.1, 0.15) is 16.7 Å². The van der Waals surface area contributed by atoms with Crippen LogP contribution in [0.2, 0.25) is 0 Å². The molecule has 0 unspecified atom stereocenters. The first-order valence-corrected chi connectivity index (χ1v) is 8.03. The van der Waals surface area contributed by atoms with Gasteiger partial charge in [0.1, 0.15) is 5.82 Å². The summed E-state index contributed by atoms with van der Waals surface area (Å²) < 4.78 is 12.9. The third kappa shape index (κ3) is 4.58. The van der Waals surface area contributed by atoms with Crippen LogP contribution in [-0.2, 0) is 23.1 Å². The maximum Gasteiger partial charge on any atom is 0.332 e. The normalized spacial score (nSPS) is 11.1. The molecule has 0 aliphatic carbocycles. The highest BCUT2D eigenvalue weighted by molar-refractivity contribution is 5.36. The summed E-state index contributed by atoms with van der Waals surface area (Å²) in [6.45, 7) is 4.71. The lowest BCUT2D eigenvalue weighted by molar-refractivity contribution is -0.0914. The molecule has 0 bridgehead atoms. The lowest BCUT2D eigenvalue weighted by Gasteiger charge is -2.19. The van der Waals surface area contributed by atoms with Crippen LogP contribution in [0.5, 0.6) is 0 Å². The van der Waals surface area contributed by atoms with Crippen molar-refractivity contribution in [3.8, 4) is 0 Å². The average molecular weight is 347 g/mol. The molecule has 7 heteroatoms. The van der Waals surface area contributed by atoms with Crippen molar-refractivity contribution in [1.29, 1.82) is 0 Å². The first-order chi connectivity index (χ1) is 11.8. The molecule has 0 spiro atoms. The van der Waals surface area contributed by atoms with Crippen LogP contribution >= 0.6 is 0 Å². The highest BCUT2D eigenvalue weighted by Crippen LogP contribution is 2.12. The first-order valence-electron chi connectivity index (χ1n) is 8.03. The SMILES string of the molecule is COC(CNc1cc(=O)n(C)c(=O)n1Cc1cc(C)cc(C)c1)OC. The summed E-state index contributed by atoms with van der Waals surface area (Å²) in [5.41, 5.74) is 2.51. The van der Waals surface area contributed by atoms with Crippen molar-refractivity contribution in [2.45, 2.75) is 26.7 Å². The van der Waals surface area contributed by atoms with Crippen LogP contribution in [0.3, 0.4) is 0 Å². The van der Waals surface area contributed by atoms with Gasteiger partial charge in [-0.25, -0.2) is 4.79 Å². The van der Waals surface area contributed by atoms with Crippen LogP contribution in [0.15, 0.2) is 33.9 Å². The Labute approximate surface area is 146 Å². The molecule has 1 aromatic carbocycles. The number of hydrogen-bond donors (Lipinski definition) is 1. The van der Waals surface area contributed by atoms with Gasteiger partial charge in [0.2, 0.25) is 0 Å². The molecule has 1 N–H and O–H groups in total. The van der Waals surface area contributed by atoms with E-state index in [-0.39, 0.29) is 11.2 Å². The number of methoxy groups -OCH3 is 2. The van der Waals surface area contributed by atoms with E-state index in [9.17, 15) is 9.59 Å². The third-order valence-corrected chi connectivity index (χ3v) is 4.00. The average Bonchev–Trinajstić information content (AvgIpc) is 2.56. The first kappa shape index (κ1) is 19.0. The van der Waals surface area contributed by atoms with Gasteiger partial charge in [-0.1, -0.05) is 29.3 Å². The molecule has 136 valence electrons. The number of nitrogens with one attached hydrogen (secondary N) is 1. The van der Waals surface area contributed by atoms with Gasteiger partial charge >= 0.3 is 5.69 Å². The maximum atomic E-state index is 12.6. The Balaban J connectivity index is 2.42. The number of ether oxygens (including phenoxy) is 2. The number of aryl methyl sites for hydroxylation is 2. The lowest BCUT2D eigenvalue weighted by Crippen LogP contribution is -2.39. The summed E-state index contributed by atoms with van der Waals surface area (Å²) in [5.74, 6) is 0.436. The number of hydrogen-bond acceptors (Lipinski definition) is 5. The van der Waals surface area contributed by atoms with E-state index in [4.69, 9.17) is 9.47 Å². The van der Waals surface area contributed by atoms with E-state index < -0.39 is 6.29 Å². The minimum absolute atomic E-state index is 0.312. The van der Waals surface area contributed by atoms with Crippen molar-refractivity contribution in [1.82, 2.24) is 9.13 Å². The molecule has 0 aliphatic rings. The van der Waals surface area contributed by atoms with E-state index in [1.165, 1.54) is 31.9 Å². The molecule has 7 nitrogen and oxygen atoms in total. The molecule has 1 heterocycles. The van der Waals surface area contributed by atoms with Gasteiger partial charge in [0.25, 0.3) is 5.56 Å². The largest absolute Gasteiger partial charge is 0.366 e. The van der Waals surface area contributed by atoms with Crippen LogP contribution in [0.4, 0.5) is 5.82 Å². The van der Waals surface area contributed by atoms with E-state index in [0.717, 1.165) is 21.3 Å². The minimum atomic E-state index is -0.478. The van der Waals surface area contributed by atoms with Gasteiger partial charge in [-0.15, -0.1) is 0 Å². The van der Waals surface area contributed by atoms with E-state index in [2.05, 4.69) is 11.4 Å². The van der Waals surface area contributed by atoms with Gasteiger partial charge in [-0.3, -0.25) is 13.9 Å². The molecule has 0 amide bonds. The molecule has 1 aromatic heterocycles. The fourth-order valence-corrected chi connectivity index (χ4v) is 2.76. The van der Waals surface area contributed by atoms with Gasteiger partial charge in [0, 0.05) is 27.3 Å². The number of anilines is 1. The summed E-state index contributed by atoms with van der Waals surface area (Å²) in [6.07, 6.45) is -0.478. The molecule has 2 aromatic rings. The van der Waals surface area contributed by atoms with Crippen LogP contribution in [0.25, 0.3) is 0 Å². The molecule has 2 rings (SSSR count). The Hall–Kier alpha value is -2.38. The van der Waals surface area contributed by atoms with Crippen LogP contribution in [-0.4, -0.2) is 36.2 Å². The molecule has 0 aliphatic heterocycles. The van der Waals surface area contributed by atoms with Crippen molar-refractivity contribution in [2.24, 2.45) is 7.05 Å². The molecular formula is C18H25N3O4.